The highest BCUT2D eigenvalue weighted by Crippen LogP contribution is 2.46. The Morgan fingerprint density at radius 1 is 1.50 bits per heavy atom. The molecule has 90 valence electrons. The van der Waals surface area contributed by atoms with E-state index in [9.17, 15) is 9.59 Å². The SMILES string of the molecule is CCC1(CC)C(C(N)=O)C2CCN1CC2=O. The van der Waals surface area contributed by atoms with Gasteiger partial charge in [0.15, 0.2) is 5.78 Å². The summed E-state index contributed by atoms with van der Waals surface area (Å²) in [6.07, 6.45) is 2.58. The standard InChI is InChI=1S/C12H20N2O2/c1-3-12(4-2)10(11(13)16)8-5-6-14(12)7-9(8)15/h8,10H,3-7H2,1-2H3,(H2,13,16). The number of hydrogen-bond donors (Lipinski definition) is 1. The van der Waals surface area contributed by atoms with Crippen LogP contribution in [-0.2, 0) is 9.59 Å². The molecule has 0 aromatic carbocycles. The first-order valence-electron chi connectivity index (χ1n) is 6.14. The highest BCUT2D eigenvalue weighted by molar-refractivity contribution is 5.92. The summed E-state index contributed by atoms with van der Waals surface area (Å²) in [7, 11) is 0. The lowest BCUT2D eigenvalue weighted by Gasteiger charge is -2.57. The summed E-state index contributed by atoms with van der Waals surface area (Å²) < 4.78 is 0. The van der Waals surface area contributed by atoms with E-state index < -0.39 is 0 Å². The number of hydrogen-bond acceptors (Lipinski definition) is 3. The number of ketones is 1. The van der Waals surface area contributed by atoms with E-state index in [2.05, 4.69) is 18.7 Å². The first-order valence-corrected chi connectivity index (χ1v) is 6.14. The van der Waals surface area contributed by atoms with Crippen LogP contribution in [0.25, 0.3) is 0 Å². The number of nitrogens with two attached hydrogens (primary N) is 1. The molecule has 0 radical (unpaired) electrons. The number of nitrogens with zero attached hydrogens (tertiary/aromatic N) is 1. The molecule has 0 aromatic heterocycles. The van der Waals surface area contributed by atoms with Crippen molar-refractivity contribution in [3.63, 3.8) is 0 Å². The maximum Gasteiger partial charge on any atom is 0.223 e. The van der Waals surface area contributed by atoms with Crippen molar-refractivity contribution in [3.05, 3.63) is 0 Å². The maximum atomic E-state index is 11.8. The number of carbonyl (C=O) groups excluding carboxylic acids is 2. The normalized spacial score (nSPS) is 36.4. The van der Waals surface area contributed by atoms with E-state index in [1.54, 1.807) is 0 Å². The van der Waals surface area contributed by atoms with Crippen molar-refractivity contribution in [1.82, 2.24) is 4.90 Å². The van der Waals surface area contributed by atoms with Crippen LogP contribution in [0.15, 0.2) is 0 Å². The van der Waals surface area contributed by atoms with Crippen molar-refractivity contribution < 1.29 is 9.59 Å². The minimum absolute atomic E-state index is 0.123. The molecule has 4 heteroatoms. The average molecular weight is 224 g/mol. The van der Waals surface area contributed by atoms with E-state index >= 15 is 0 Å². The zero-order valence-electron chi connectivity index (χ0n) is 10.0. The van der Waals surface area contributed by atoms with E-state index in [-0.39, 0.29) is 29.1 Å². The second-order valence-electron chi connectivity index (χ2n) is 4.97. The fourth-order valence-corrected chi connectivity index (χ4v) is 3.74. The molecular weight excluding hydrogens is 204 g/mol. The van der Waals surface area contributed by atoms with Crippen molar-refractivity contribution in [2.45, 2.75) is 38.6 Å². The highest BCUT2D eigenvalue weighted by Gasteiger charge is 2.56. The fraction of sp³-hybridized carbons (Fsp3) is 0.833. The van der Waals surface area contributed by atoms with Gasteiger partial charge in [0.05, 0.1) is 12.5 Å². The molecular formula is C12H20N2O2. The Hall–Kier alpha value is -0.900. The smallest absolute Gasteiger partial charge is 0.223 e. The molecule has 3 aliphatic rings. The van der Waals surface area contributed by atoms with Gasteiger partial charge in [-0.25, -0.2) is 0 Å². The highest BCUT2D eigenvalue weighted by atomic mass is 16.2. The van der Waals surface area contributed by atoms with Gasteiger partial charge in [-0.05, 0) is 25.8 Å². The summed E-state index contributed by atoms with van der Waals surface area (Å²) in [5, 5.41) is 0. The van der Waals surface area contributed by atoms with E-state index in [1.807, 2.05) is 0 Å². The Kier molecular flexibility index (Phi) is 2.78. The largest absolute Gasteiger partial charge is 0.369 e. The molecule has 3 saturated heterocycles. The van der Waals surface area contributed by atoms with Gasteiger partial charge in [0, 0.05) is 11.5 Å². The molecule has 0 spiro atoms. The van der Waals surface area contributed by atoms with Crippen LogP contribution in [0, 0.1) is 11.8 Å². The Labute approximate surface area is 96.2 Å². The number of fused-ring (bicyclic) bond motifs is 3. The second-order valence-corrected chi connectivity index (χ2v) is 4.97. The molecule has 3 rings (SSSR count). The van der Waals surface area contributed by atoms with Crippen LogP contribution in [0.3, 0.4) is 0 Å². The van der Waals surface area contributed by atoms with Crippen LogP contribution in [0.5, 0.6) is 0 Å². The first kappa shape index (κ1) is 11.6. The number of primary amides is 1. The number of Topliss-reactive ketones (excluding diaryl/α,β-unsaturated/α-hetero) is 1. The third-order valence-electron chi connectivity index (χ3n) is 4.61. The Morgan fingerprint density at radius 3 is 2.56 bits per heavy atom. The number of amides is 1. The van der Waals surface area contributed by atoms with Gasteiger partial charge in [0.1, 0.15) is 0 Å². The Balaban J connectivity index is 2.43. The molecule has 3 heterocycles. The van der Waals surface area contributed by atoms with Crippen LogP contribution in [0.4, 0.5) is 0 Å². The van der Waals surface area contributed by atoms with Crippen molar-refractivity contribution in [2.75, 3.05) is 13.1 Å². The van der Waals surface area contributed by atoms with Gasteiger partial charge in [0.2, 0.25) is 5.91 Å². The minimum atomic E-state index is -0.300. The molecule has 0 saturated carbocycles. The van der Waals surface area contributed by atoms with Gasteiger partial charge < -0.3 is 5.73 Å². The van der Waals surface area contributed by atoms with Gasteiger partial charge in [0.25, 0.3) is 0 Å². The Bertz CT molecular complexity index is 323. The number of rotatable bonds is 3. The molecule has 1 amide bonds. The summed E-state index contributed by atoms with van der Waals surface area (Å²) in [4.78, 5) is 25.7. The van der Waals surface area contributed by atoms with Gasteiger partial charge in [-0.15, -0.1) is 0 Å². The van der Waals surface area contributed by atoms with E-state index in [4.69, 9.17) is 5.73 Å². The van der Waals surface area contributed by atoms with E-state index in [0.717, 1.165) is 25.8 Å². The molecule has 3 aliphatic heterocycles. The van der Waals surface area contributed by atoms with Crippen molar-refractivity contribution in [2.24, 2.45) is 17.6 Å². The third-order valence-corrected chi connectivity index (χ3v) is 4.61. The van der Waals surface area contributed by atoms with E-state index in [0.29, 0.717) is 6.54 Å². The van der Waals surface area contributed by atoms with Crippen molar-refractivity contribution in [1.29, 1.82) is 0 Å². The molecule has 0 aliphatic carbocycles. The summed E-state index contributed by atoms with van der Waals surface area (Å²) in [5.41, 5.74) is 5.36. The molecule has 0 aromatic rings. The topological polar surface area (TPSA) is 63.4 Å². The maximum absolute atomic E-state index is 11.8. The zero-order chi connectivity index (χ0) is 11.9. The lowest BCUT2D eigenvalue weighted by atomic mass is 9.62. The second kappa shape index (κ2) is 3.84. The molecule has 4 nitrogen and oxygen atoms in total. The van der Waals surface area contributed by atoms with Crippen molar-refractivity contribution in [3.8, 4) is 0 Å². The molecule has 2 bridgehead atoms. The van der Waals surface area contributed by atoms with E-state index in [1.165, 1.54) is 0 Å². The van der Waals surface area contributed by atoms with Crippen LogP contribution in [0.1, 0.15) is 33.1 Å². The number of carbonyl (C=O) groups is 2. The zero-order valence-corrected chi connectivity index (χ0v) is 10.0. The third kappa shape index (κ3) is 1.32. The summed E-state index contributed by atoms with van der Waals surface area (Å²) in [5.74, 6) is -0.501. The molecule has 3 unspecified atom stereocenters. The fourth-order valence-electron chi connectivity index (χ4n) is 3.74. The van der Waals surface area contributed by atoms with Gasteiger partial charge in [-0.2, -0.15) is 0 Å². The summed E-state index contributed by atoms with van der Waals surface area (Å²) >= 11 is 0. The van der Waals surface area contributed by atoms with Gasteiger partial charge >= 0.3 is 0 Å². The van der Waals surface area contributed by atoms with Gasteiger partial charge in [-0.1, -0.05) is 13.8 Å². The first-order chi connectivity index (χ1) is 7.56. The van der Waals surface area contributed by atoms with Crippen LogP contribution in [0.2, 0.25) is 0 Å². The monoisotopic (exact) mass is 224 g/mol. The van der Waals surface area contributed by atoms with Crippen LogP contribution in [-0.4, -0.2) is 35.2 Å². The Morgan fingerprint density at radius 2 is 2.12 bits per heavy atom. The molecule has 3 atom stereocenters. The summed E-state index contributed by atoms with van der Waals surface area (Å²) in [6, 6.07) is 0. The van der Waals surface area contributed by atoms with Crippen LogP contribution < -0.4 is 5.73 Å². The molecule has 16 heavy (non-hydrogen) atoms. The minimum Gasteiger partial charge on any atom is -0.369 e. The molecule has 3 fully saturated rings. The lowest BCUT2D eigenvalue weighted by molar-refractivity contribution is -0.159. The van der Waals surface area contributed by atoms with Crippen molar-refractivity contribution >= 4 is 11.7 Å². The number of piperidine rings is 3. The van der Waals surface area contributed by atoms with Gasteiger partial charge in [-0.3, -0.25) is 14.5 Å². The predicted molar refractivity (Wildman–Crippen MR) is 60.7 cm³/mol. The average Bonchev–Trinajstić information content (AvgIpc) is 2.28. The quantitative estimate of drug-likeness (QED) is 0.761. The molecule has 2 N–H and O–H groups in total. The summed E-state index contributed by atoms with van der Waals surface area (Å²) in [6.45, 7) is 5.62. The predicted octanol–water partition coefficient (Wildman–Crippen LogP) is 0.551. The lowest BCUT2D eigenvalue weighted by Crippen LogP contribution is -2.69. The van der Waals surface area contributed by atoms with Crippen LogP contribution >= 0.6 is 0 Å².